The van der Waals surface area contributed by atoms with Gasteiger partial charge in [0.2, 0.25) is 0 Å². The Hall–Kier alpha value is 1.40. The Balaban J connectivity index is 0. The summed E-state index contributed by atoms with van der Waals surface area (Å²) in [6.45, 7) is 0. The summed E-state index contributed by atoms with van der Waals surface area (Å²) < 4.78 is 0. The monoisotopic (exact) mass is 204 g/mol. The molecule has 0 bridgehead atoms. The van der Waals surface area contributed by atoms with E-state index in [2.05, 4.69) is 0 Å². The van der Waals surface area contributed by atoms with Crippen molar-refractivity contribution in [1.82, 2.24) is 12.3 Å². The van der Waals surface area contributed by atoms with Gasteiger partial charge in [0.1, 0.15) is 0 Å². The van der Waals surface area contributed by atoms with Crippen molar-refractivity contribution in [2.75, 3.05) is 0 Å². The second-order valence-electron chi connectivity index (χ2n) is 0. The first-order valence-electron chi connectivity index (χ1n) is 0. The van der Waals surface area contributed by atoms with Crippen LogP contribution in [0, 0.1) is 0 Å². The van der Waals surface area contributed by atoms with Crippen molar-refractivity contribution >= 4 is 19.8 Å². The Morgan fingerprint density at radius 1 is 0.600 bits per heavy atom. The van der Waals surface area contributed by atoms with E-state index in [1.54, 1.807) is 0 Å². The quantitative estimate of drug-likeness (QED) is 0.443. The van der Waals surface area contributed by atoms with E-state index in [1.165, 1.54) is 0 Å². The Labute approximate surface area is 52.0 Å². The van der Waals surface area contributed by atoms with E-state index in [-0.39, 0.29) is 51.6 Å². The molecule has 0 fully saturated rings. The SMILES string of the molecule is N.N.P.P.[Ru]. The van der Waals surface area contributed by atoms with E-state index < -0.39 is 0 Å². The van der Waals surface area contributed by atoms with Gasteiger partial charge in [-0.2, -0.15) is 19.8 Å². The smallest absolute Gasteiger partial charge is 0 e. The van der Waals surface area contributed by atoms with Crippen molar-refractivity contribution in [2.24, 2.45) is 0 Å². The molecular formula is H12N2P2Ru. The minimum Gasteiger partial charge on any atom is -0.344 e. The van der Waals surface area contributed by atoms with Gasteiger partial charge < -0.3 is 12.3 Å². The van der Waals surface area contributed by atoms with Gasteiger partial charge in [-0.05, 0) is 0 Å². The molecule has 0 spiro atoms. The average Bonchev–Trinajstić information content (AvgIpc) is 0. The molecule has 0 aliphatic heterocycles. The van der Waals surface area contributed by atoms with Crippen LogP contribution >= 0.6 is 19.8 Å². The molecule has 2 nitrogen and oxygen atoms in total. The summed E-state index contributed by atoms with van der Waals surface area (Å²) >= 11 is 0. The molecule has 0 rings (SSSR count). The summed E-state index contributed by atoms with van der Waals surface area (Å²) in [5.74, 6) is 0. The van der Waals surface area contributed by atoms with Gasteiger partial charge in [0.15, 0.2) is 0 Å². The van der Waals surface area contributed by atoms with Crippen LogP contribution in [0.25, 0.3) is 0 Å². The standard InChI is InChI=1S/2H3N.2H3P.Ru/h4*1H3;. The van der Waals surface area contributed by atoms with E-state index in [0.717, 1.165) is 0 Å². The molecule has 0 saturated carbocycles. The average molecular weight is 203 g/mol. The van der Waals surface area contributed by atoms with Gasteiger partial charge in [0.25, 0.3) is 0 Å². The fraction of sp³-hybridized carbons (Fsp3) is 0. The molecule has 0 heterocycles. The molecular weight excluding hydrogens is 191 g/mol. The summed E-state index contributed by atoms with van der Waals surface area (Å²) in [4.78, 5) is 0. The van der Waals surface area contributed by atoms with Crippen LogP contribution in [0.15, 0.2) is 0 Å². The van der Waals surface area contributed by atoms with Crippen molar-refractivity contribution < 1.29 is 19.5 Å². The van der Waals surface area contributed by atoms with Gasteiger partial charge in [-0.25, -0.2) is 0 Å². The summed E-state index contributed by atoms with van der Waals surface area (Å²) in [6, 6.07) is 0. The number of rotatable bonds is 0. The first-order chi connectivity index (χ1) is 0. The Bertz CT molecular complexity index is 7.61. The maximum absolute atomic E-state index is 0. The van der Waals surface area contributed by atoms with E-state index in [0.29, 0.717) is 0 Å². The Morgan fingerprint density at radius 3 is 0.600 bits per heavy atom. The largest absolute Gasteiger partial charge is 0.344 e. The Kier molecular flexibility index (Phi) is 1010. The van der Waals surface area contributed by atoms with Crippen molar-refractivity contribution in [3.05, 3.63) is 0 Å². The van der Waals surface area contributed by atoms with Crippen LogP contribution in [0.5, 0.6) is 0 Å². The summed E-state index contributed by atoms with van der Waals surface area (Å²) in [7, 11) is 0. The van der Waals surface area contributed by atoms with Crippen molar-refractivity contribution in [3.8, 4) is 0 Å². The maximum atomic E-state index is 0. The van der Waals surface area contributed by atoms with Crippen LogP contribution in [0.3, 0.4) is 0 Å². The molecule has 0 aromatic rings. The zero-order valence-corrected chi connectivity index (χ0v) is 7.75. The topological polar surface area (TPSA) is 70.0 Å². The van der Waals surface area contributed by atoms with Crippen molar-refractivity contribution in [3.63, 3.8) is 0 Å². The van der Waals surface area contributed by atoms with Crippen molar-refractivity contribution in [1.29, 1.82) is 0 Å². The van der Waals surface area contributed by atoms with Gasteiger partial charge in [-0.1, -0.05) is 0 Å². The number of hydrogen-bond acceptors (Lipinski definition) is 2. The fourth-order valence-electron chi connectivity index (χ4n) is 0. The summed E-state index contributed by atoms with van der Waals surface area (Å²) in [5.41, 5.74) is 0. The van der Waals surface area contributed by atoms with Crippen LogP contribution in [0.4, 0.5) is 0 Å². The molecule has 5 heteroatoms. The molecule has 0 radical (unpaired) electrons. The van der Waals surface area contributed by atoms with Crippen molar-refractivity contribution in [2.45, 2.75) is 0 Å². The molecule has 0 aliphatic carbocycles. The minimum absolute atomic E-state index is 0. The first-order valence-corrected chi connectivity index (χ1v) is 0. The number of hydrogen-bond donors (Lipinski definition) is 2. The van der Waals surface area contributed by atoms with Gasteiger partial charge in [-0.15, -0.1) is 0 Å². The summed E-state index contributed by atoms with van der Waals surface area (Å²) in [5, 5.41) is 0. The molecule has 40 valence electrons. The predicted octanol–water partition coefficient (Wildman–Crippen LogP) is 0.438. The maximum Gasteiger partial charge on any atom is 0 e. The summed E-state index contributed by atoms with van der Waals surface area (Å²) in [6.07, 6.45) is 0. The third-order valence-corrected chi connectivity index (χ3v) is 0. The Morgan fingerprint density at radius 2 is 0.600 bits per heavy atom. The molecule has 0 amide bonds. The second kappa shape index (κ2) is 53.2. The van der Waals surface area contributed by atoms with Gasteiger partial charge in [0.05, 0.1) is 0 Å². The van der Waals surface area contributed by atoms with Crippen LogP contribution in [-0.4, -0.2) is 0 Å². The fourth-order valence-corrected chi connectivity index (χ4v) is 0. The van der Waals surface area contributed by atoms with E-state index >= 15 is 0 Å². The van der Waals surface area contributed by atoms with Gasteiger partial charge >= 0.3 is 0 Å². The van der Waals surface area contributed by atoms with E-state index in [1.807, 2.05) is 0 Å². The zero-order valence-electron chi connectivity index (χ0n) is 3.18. The van der Waals surface area contributed by atoms with E-state index in [9.17, 15) is 0 Å². The molecule has 0 saturated heterocycles. The van der Waals surface area contributed by atoms with Gasteiger partial charge in [-0.3, -0.25) is 0 Å². The van der Waals surface area contributed by atoms with Crippen LogP contribution in [0.1, 0.15) is 0 Å². The molecule has 0 aliphatic rings. The first kappa shape index (κ1) is 94.9. The zero-order chi connectivity index (χ0) is 0. The molecule has 6 N–H and O–H groups in total. The van der Waals surface area contributed by atoms with Crippen LogP contribution in [-0.2, 0) is 19.5 Å². The third kappa shape index (κ3) is 31.8. The minimum atomic E-state index is 0. The van der Waals surface area contributed by atoms with Gasteiger partial charge in [0, 0.05) is 19.5 Å². The van der Waals surface area contributed by atoms with Crippen LogP contribution in [0.2, 0.25) is 0 Å². The predicted molar refractivity (Wildman–Crippen MR) is 32.3 cm³/mol. The van der Waals surface area contributed by atoms with Crippen LogP contribution < -0.4 is 12.3 Å². The second-order valence-corrected chi connectivity index (χ2v) is 0. The van der Waals surface area contributed by atoms with E-state index in [4.69, 9.17) is 0 Å². The normalized spacial score (nSPS) is 0. The molecule has 2 atom stereocenters. The third-order valence-electron chi connectivity index (χ3n) is 0. The molecule has 2 unspecified atom stereocenters. The molecule has 5 heavy (non-hydrogen) atoms. The molecule has 0 aromatic carbocycles. The molecule has 0 aromatic heterocycles.